The van der Waals surface area contributed by atoms with Crippen molar-refractivity contribution < 1.29 is 39.8 Å². The molecular formula is C36H46ClN3O8S. The Labute approximate surface area is 296 Å². The molecule has 0 bridgehead atoms. The van der Waals surface area contributed by atoms with E-state index in [9.17, 15) is 25.2 Å². The maximum atomic E-state index is 12.0. The Morgan fingerprint density at radius 2 is 1.76 bits per heavy atom. The summed E-state index contributed by atoms with van der Waals surface area (Å²) in [7, 11) is 0. The molecule has 13 heteroatoms. The van der Waals surface area contributed by atoms with Gasteiger partial charge in [0, 0.05) is 46.5 Å². The number of hydrogen-bond acceptors (Lipinski definition) is 10. The first-order chi connectivity index (χ1) is 23.7. The number of pyridine rings is 1. The Morgan fingerprint density at radius 3 is 2.51 bits per heavy atom. The minimum Gasteiger partial charge on any atom is -0.490 e. The number of nitrogens with zero attached hydrogens (tertiary/aromatic N) is 1. The van der Waals surface area contributed by atoms with Gasteiger partial charge in [0.05, 0.1) is 31.0 Å². The van der Waals surface area contributed by atoms with Gasteiger partial charge in [-0.3, -0.25) is 4.98 Å². The molecule has 2 aliphatic carbocycles. The molecule has 0 saturated heterocycles. The fourth-order valence-electron chi connectivity index (χ4n) is 5.46. The van der Waals surface area contributed by atoms with Crippen LogP contribution in [0.25, 0.3) is 11.1 Å². The van der Waals surface area contributed by atoms with Gasteiger partial charge in [0.1, 0.15) is 24.1 Å². The van der Waals surface area contributed by atoms with Crippen molar-refractivity contribution in [2.24, 2.45) is 0 Å². The van der Waals surface area contributed by atoms with Gasteiger partial charge in [-0.1, -0.05) is 36.2 Å². The lowest BCUT2D eigenvalue weighted by molar-refractivity contribution is -0.113. The van der Waals surface area contributed by atoms with Crippen molar-refractivity contribution >= 4 is 29.4 Å². The van der Waals surface area contributed by atoms with Crippen LogP contribution in [-0.4, -0.2) is 92.5 Å². The summed E-state index contributed by atoms with van der Waals surface area (Å²) in [4.78, 5) is 17.6. The molecule has 5 rings (SSSR count). The second-order valence-electron chi connectivity index (χ2n) is 12.6. The van der Waals surface area contributed by atoms with E-state index in [0.717, 1.165) is 83.6 Å². The summed E-state index contributed by atoms with van der Waals surface area (Å²) in [5.41, 5.74) is 3.74. The van der Waals surface area contributed by atoms with Crippen molar-refractivity contribution in [2.45, 2.75) is 92.6 Å². The fourth-order valence-corrected chi connectivity index (χ4v) is 6.61. The fraction of sp³-hybridized carbons (Fsp3) is 0.500. The monoisotopic (exact) mass is 715 g/mol. The zero-order chi connectivity index (χ0) is 34.8. The van der Waals surface area contributed by atoms with Crippen LogP contribution in [-0.2, 0) is 16.9 Å². The molecule has 2 aliphatic rings. The van der Waals surface area contributed by atoms with Crippen LogP contribution >= 0.6 is 23.4 Å². The second-order valence-corrected chi connectivity index (χ2v) is 14.2. The van der Waals surface area contributed by atoms with Crippen LogP contribution in [0.4, 0.5) is 4.79 Å². The van der Waals surface area contributed by atoms with Crippen molar-refractivity contribution in [3.05, 3.63) is 77.1 Å². The number of ether oxygens (including phenoxy) is 2. The van der Waals surface area contributed by atoms with Gasteiger partial charge < -0.3 is 45.6 Å². The number of thioether (sulfide) groups is 1. The third-order valence-corrected chi connectivity index (χ3v) is 10.2. The van der Waals surface area contributed by atoms with Crippen LogP contribution in [0.15, 0.2) is 65.8 Å². The molecular weight excluding hydrogens is 670 g/mol. The largest absolute Gasteiger partial charge is 0.490 e. The van der Waals surface area contributed by atoms with Gasteiger partial charge in [-0.15, -0.1) is 11.8 Å². The Balaban J connectivity index is 1.04. The van der Waals surface area contributed by atoms with Crippen molar-refractivity contribution in [3.8, 4) is 16.9 Å². The van der Waals surface area contributed by atoms with Crippen molar-refractivity contribution in [1.29, 1.82) is 0 Å². The topological polar surface area (TPSA) is 174 Å². The van der Waals surface area contributed by atoms with Crippen molar-refractivity contribution in [3.63, 3.8) is 0 Å². The first-order valence-electron chi connectivity index (χ1n) is 16.8. The van der Waals surface area contributed by atoms with Gasteiger partial charge in [-0.2, -0.15) is 0 Å². The lowest BCUT2D eigenvalue weighted by Crippen LogP contribution is -2.50. The van der Waals surface area contributed by atoms with Crippen LogP contribution in [0, 0.1) is 0 Å². The molecule has 11 nitrogen and oxygen atoms in total. The van der Waals surface area contributed by atoms with E-state index in [2.05, 4.69) is 27.8 Å². The lowest BCUT2D eigenvalue weighted by atomic mass is 9.96. The van der Waals surface area contributed by atoms with Gasteiger partial charge in [0.15, 0.2) is 0 Å². The summed E-state index contributed by atoms with van der Waals surface area (Å²) >= 11 is 8.35. The Morgan fingerprint density at radius 1 is 0.980 bits per heavy atom. The highest BCUT2D eigenvalue weighted by atomic mass is 35.5. The first-order valence-corrected chi connectivity index (χ1v) is 18.2. The highest BCUT2D eigenvalue weighted by Gasteiger charge is 2.48. The Kier molecular flexibility index (Phi) is 13.6. The predicted octanol–water partition coefficient (Wildman–Crippen LogP) is 4.15. The highest BCUT2D eigenvalue weighted by molar-refractivity contribution is 7.99. The summed E-state index contributed by atoms with van der Waals surface area (Å²) in [5.74, 6) is 1.79. The van der Waals surface area contributed by atoms with Gasteiger partial charge in [-0.05, 0) is 85.7 Å². The minimum atomic E-state index is -1.74. The molecule has 0 radical (unpaired) electrons. The summed E-state index contributed by atoms with van der Waals surface area (Å²) in [5, 5.41) is 53.4. The molecule has 0 spiro atoms. The molecule has 49 heavy (non-hydrogen) atoms. The third kappa shape index (κ3) is 10.5. The molecule has 4 atom stereocenters. The summed E-state index contributed by atoms with van der Waals surface area (Å²) < 4.78 is 12.9. The highest BCUT2D eigenvalue weighted by Crippen LogP contribution is 2.53. The van der Waals surface area contributed by atoms with Crippen LogP contribution in [0.2, 0.25) is 5.02 Å². The van der Waals surface area contributed by atoms with Crippen molar-refractivity contribution in [1.82, 2.24) is 15.6 Å². The molecule has 0 aliphatic heterocycles. The summed E-state index contributed by atoms with van der Waals surface area (Å²) in [6, 6.07) is 15.7. The standard InChI is InChI=1S/C36H46ClN3O8S/c37-29-11-10-25(49-17-5-1-4-15-39-35(46)40-20-30(42)33(44)34(45)31(43)21-41)18-23(29)22-47-36(13-14-36)28-19-38-16-12-26(28)27-6-2-3-7-32(27)48-24-8-9-24/h2-3,6-7,10-12,16,18-19,24,30-31,33-34,41-45H,1,4-5,8-9,13-15,17,20-22H2,(H2,39,40,46). The van der Waals surface area contributed by atoms with Gasteiger partial charge in [0.25, 0.3) is 0 Å². The number of halogens is 1. The average Bonchev–Trinajstić information content (AvgIpc) is 4.07. The van der Waals surface area contributed by atoms with E-state index < -0.39 is 42.7 Å². The van der Waals surface area contributed by atoms with E-state index in [0.29, 0.717) is 24.3 Å². The number of carbonyl (C=O) groups is 1. The summed E-state index contributed by atoms with van der Waals surface area (Å²) in [6.07, 6.45) is 4.07. The molecule has 1 heterocycles. The van der Waals surface area contributed by atoms with Crippen LogP contribution in [0.5, 0.6) is 5.75 Å². The van der Waals surface area contributed by atoms with E-state index in [-0.39, 0.29) is 6.54 Å². The van der Waals surface area contributed by atoms with E-state index in [1.165, 1.54) is 0 Å². The Hall–Kier alpha value is -2.94. The first kappa shape index (κ1) is 37.3. The number of aliphatic hydroxyl groups excluding tert-OH is 5. The quantitative estimate of drug-likeness (QED) is 0.0666. The number of carbonyl (C=O) groups excluding carboxylic acids is 1. The van der Waals surface area contributed by atoms with Gasteiger partial charge >= 0.3 is 6.03 Å². The van der Waals surface area contributed by atoms with E-state index in [1.54, 1.807) is 11.8 Å². The van der Waals surface area contributed by atoms with Gasteiger partial charge in [0.2, 0.25) is 0 Å². The molecule has 1 aromatic heterocycles. The molecule has 3 aromatic rings. The molecule has 2 fully saturated rings. The number of aromatic nitrogens is 1. The smallest absolute Gasteiger partial charge is 0.314 e. The van der Waals surface area contributed by atoms with E-state index in [4.69, 9.17) is 26.2 Å². The normalized spacial score (nSPS) is 17.5. The Bertz CT molecular complexity index is 1530. The number of hydrogen-bond donors (Lipinski definition) is 7. The van der Waals surface area contributed by atoms with Crippen LogP contribution < -0.4 is 15.4 Å². The second kappa shape index (κ2) is 17.8. The number of para-hydroxylation sites is 1. The molecule has 2 aromatic carbocycles. The van der Waals surface area contributed by atoms with E-state index >= 15 is 0 Å². The number of aliphatic hydroxyl groups is 5. The van der Waals surface area contributed by atoms with Crippen LogP contribution in [0.3, 0.4) is 0 Å². The predicted molar refractivity (Wildman–Crippen MR) is 188 cm³/mol. The van der Waals surface area contributed by atoms with Crippen LogP contribution in [0.1, 0.15) is 56.1 Å². The molecule has 7 N–H and O–H groups in total. The number of amides is 2. The molecule has 2 amide bonds. The zero-order valence-electron chi connectivity index (χ0n) is 27.3. The lowest BCUT2D eigenvalue weighted by Gasteiger charge is -2.25. The van der Waals surface area contributed by atoms with Crippen molar-refractivity contribution in [2.75, 3.05) is 25.4 Å². The summed E-state index contributed by atoms with van der Waals surface area (Å²) in [6.45, 7) is -0.280. The maximum absolute atomic E-state index is 12.0. The molecule has 2 saturated carbocycles. The molecule has 4 unspecified atom stereocenters. The number of benzene rings is 2. The SMILES string of the molecule is O=C(NCCCCCSc1ccc(Cl)c(COC2(c3cnccc3-c3ccccc3OC3CC3)CC2)c1)NCC(O)C(O)C(O)C(O)CO. The minimum absolute atomic E-state index is 0.300. The van der Waals surface area contributed by atoms with Gasteiger partial charge in [-0.25, -0.2) is 4.79 Å². The average molecular weight is 716 g/mol. The third-order valence-electron chi connectivity index (χ3n) is 8.71. The number of unbranched alkanes of at least 4 members (excludes halogenated alkanes) is 2. The maximum Gasteiger partial charge on any atom is 0.314 e. The molecule has 266 valence electrons. The zero-order valence-corrected chi connectivity index (χ0v) is 28.9. The number of nitrogens with one attached hydrogen (secondary N) is 2. The van der Waals surface area contributed by atoms with E-state index in [1.807, 2.05) is 48.8 Å². The number of rotatable bonds is 20. The number of urea groups is 1.